The molecule has 0 radical (unpaired) electrons. The van der Waals surface area contributed by atoms with Gasteiger partial charge in [-0.2, -0.15) is 13.2 Å². The molecule has 0 aliphatic carbocycles. The molecule has 1 N–H and O–H groups in total. The van der Waals surface area contributed by atoms with Crippen molar-refractivity contribution in [3.05, 3.63) is 83.2 Å². The Bertz CT molecular complexity index is 1020. The van der Waals surface area contributed by atoms with E-state index in [1.165, 1.54) is 24.3 Å². The lowest BCUT2D eigenvalue weighted by molar-refractivity contribution is -0.136. The Morgan fingerprint density at radius 3 is 2.68 bits per heavy atom. The van der Waals surface area contributed by atoms with Crippen molar-refractivity contribution < 1.29 is 17.6 Å². The number of nitrogens with zero attached hydrogens (tertiary/aromatic N) is 3. The number of nitrogens with one attached hydrogen (secondary N) is 1. The van der Waals surface area contributed by atoms with Crippen LogP contribution in [0.2, 0.25) is 5.02 Å². The number of aromatic nitrogens is 2. The highest BCUT2D eigenvalue weighted by molar-refractivity contribution is 7.80. The quantitative estimate of drug-likeness (QED) is 0.340. The fraction of sp³-hybridized carbons (Fsp3) is 0.238. The molecule has 1 aromatic heterocycles. The fourth-order valence-corrected chi connectivity index (χ4v) is 3.47. The van der Waals surface area contributed by atoms with E-state index in [1.807, 2.05) is 10.8 Å². The molecule has 0 bridgehead atoms. The average Bonchev–Trinajstić information content (AvgIpc) is 3.20. The molecule has 0 atom stereocenters. The minimum Gasteiger partial charge on any atom is -0.345 e. The van der Waals surface area contributed by atoms with E-state index >= 15 is 0 Å². The number of rotatable bonds is 7. The van der Waals surface area contributed by atoms with Crippen molar-refractivity contribution in [3.63, 3.8) is 0 Å². The summed E-state index contributed by atoms with van der Waals surface area (Å²) in [6.45, 7) is 1.31. The van der Waals surface area contributed by atoms with Crippen molar-refractivity contribution >= 4 is 34.6 Å². The Morgan fingerprint density at radius 2 is 2.00 bits per heavy atom. The number of thiocarbonyl (C=S) groups is 1. The molecular formula is C21H19ClF4N4S. The van der Waals surface area contributed by atoms with Gasteiger partial charge in [0, 0.05) is 37.1 Å². The molecule has 10 heteroatoms. The van der Waals surface area contributed by atoms with Crippen molar-refractivity contribution in [3.8, 4) is 0 Å². The maximum absolute atomic E-state index is 13.6. The number of hydrogen-bond acceptors (Lipinski definition) is 2. The van der Waals surface area contributed by atoms with Crippen molar-refractivity contribution in [2.24, 2.45) is 0 Å². The molecule has 0 aliphatic heterocycles. The molecule has 1 heterocycles. The first-order valence-corrected chi connectivity index (χ1v) is 10.1. The Kier molecular flexibility index (Phi) is 7.50. The molecule has 0 aliphatic rings. The van der Waals surface area contributed by atoms with Crippen LogP contribution in [-0.2, 0) is 19.3 Å². The van der Waals surface area contributed by atoms with Gasteiger partial charge in [0.2, 0.25) is 0 Å². The van der Waals surface area contributed by atoms with E-state index in [4.69, 9.17) is 23.8 Å². The van der Waals surface area contributed by atoms with E-state index < -0.39 is 17.6 Å². The zero-order valence-corrected chi connectivity index (χ0v) is 17.8. The molecule has 0 saturated heterocycles. The van der Waals surface area contributed by atoms with Crippen LogP contribution in [0, 0.1) is 5.82 Å². The lowest BCUT2D eigenvalue weighted by Gasteiger charge is -2.27. The van der Waals surface area contributed by atoms with Crippen LogP contribution in [0.25, 0.3) is 0 Å². The molecule has 0 fully saturated rings. The maximum atomic E-state index is 13.6. The van der Waals surface area contributed by atoms with Gasteiger partial charge in [-0.1, -0.05) is 23.7 Å². The molecule has 2 aromatic carbocycles. The molecule has 164 valence electrons. The summed E-state index contributed by atoms with van der Waals surface area (Å²) in [5.41, 5.74) is -0.457. The van der Waals surface area contributed by atoms with Gasteiger partial charge in [-0.3, -0.25) is 0 Å². The van der Waals surface area contributed by atoms with Crippen LogP contribution in [0.1, 0.15) is 17.5 Å². The third-order valence-corrected chi connectivity index (χ3v) is 5.08. The van der Waals surface area contributed by atoms with Crippen molar-refractivity contribution in [2.75, 3.05) is 11.9 Å². The highest BCUT2D eigenvalue weighted by Gasteiger charge is 2.34. The van der Waals surface area contributed by atoms with Gasteiger partial charge in [0.1, 0.15) is 5.82 Å². The molecule has 4 nitrogen and oxygen atoms in total. The van der Waals surface area contributed by atoms with Gasteiger partial charge < -0.3 is 14.8 Å². The zero-order chi connectivity index (χ0) is 22.4. The lowest BCUT2D eigenvalue weighted by atomic mass is 10.1. The number of halogens is 5. The largest absolute Gasteiger partial charge is 0.418 e. The number of benzene rings is 2. The number of aryl methyl sites for hydroxylation is 1. The van der Waals surface area contributed by atoms with E-state index in [9.17, 15) is 17.6 Å². The first kappa shape index (κ1) is 23.0. The van der Waals surface area contributed by atoms with E-state index in [0.717, 1.165) is 6.07 Å². The Hall–Kier alpha value is -2.65. The van der Waals surface area contributed by atoms with Gasteiger partial charge in [0.15, 0.2) is 5.11 Å². The smallest absolute Gasteiger partial charge is 0.345 e. The van der Waals surface area contributed by atoms with E-state index in [2.05, 4.69) is 10.3 Å². The topological polar surface area (TPSA) is 33.1 Å². The van der Waals surface area contributed by atoms with Gasteiger partial charge in [-0.15, -0.1) is 0 Å². The van der Waals surface area contributed by atoms with Gasteiger partial charge in [0.05, 0.1) is 17.6 Å². The third-order valence-electron chi connectivity index (χ3n) is 4.48. The second-order valence-electron chi connectivity index (χ2n) is 6.82. The Morgan fingerprint density at radius 1 is 1.19 bits per heavy atom. The summed E-state index contributed by atoms with van der Waals surface area (Å²) in [5, 5.41) is 2.91. The molecule has 3 aromatic rings. The van der Waals surface area contributed by atoms with Crippen LogP contribution >= 0.6 is 23.8 Å². The van der Waals surface area contributed by atoms with Gasteiger partial charge >= 0.3 is 6.18 Å². The van der Waals surface area contributed by atoms with Crippen LogP contribution in [0.4, 0.5) is 23.2 Å². The highest BCUT2D eigenvalue weighted by Crippen LogP contribution is 2.36. The Balaban J connectivity index is 1.78. The predicted molar refractivity (Wildman–Crippen MR) is 116 cm³/mol. The van der Waals surface area contributed by atoms with Crippen LogP contribution in [0.3, 0.4) is 0 Å². The summed E-state index contributed by atoms with van der Waals surface area (Å²) < 4.78 is 55.7. The third kappa shape index (κ3) is 6.67. The SMILES string of the molecule is Fc1cccc(CN(CCCn2ccnc2)C(=S)Nc2cc(Cl)ccc2C(F)(F)F)c1. The standard InChI is InChI=1S/C21H19ClF4N4S/c22-16-5-6-18(21(24,25)26)19(12-16)28-20(31)30(9-2-8-29-10-7-27-14-29)13-15-3-1-4-17(23)11-15/h1,3-7,10-12,14H,2,8-9,13H2,(H,28,31). The summed E-state index contributed by atoms with van der Waals surface area (Å²) in [6, 6.07) is 9.26. The molecule has 0 amide bonds. The number of alkyl halides is 3. The van der Waals surface area contributed by atoms with Gasteiger partial charge in [-0.05, 0) is 54.5 Å². The minimum atomic E-state index is -4.57. The Labute approximate surface area is 187 Å². The first-order valence-electron chi connectivity index (χ1n) is 9.35. The number of hydrogen-bond donors (Lipinski definition) is 1. The van der Waals surface area contributed by atoms with Gasteiger partial charge in [-0.25, -0.2) is 9.37 Å². The fourth-order valence-electron chi connectivity index (χ4n) is 3.03. The lowest BCUT2D eigenvalue weighted by Crippen LogP contribution is -2.36. The minimum absolute atomic E-state index is 0.0858. The van der Waals surface area contributed by atoms with E-state index in [1.54, 1.807) is 29.6 Å². The van der Waals surface area contributed by atoms with Crippen molar-refractivity contribution in [1.82, 2.24) is 14.5 Å². The van der Waals surface area contributed by atoms with Crippen LogP contribution < -0.4 is 5.32 Å². The van der Waals surface area contributed by atoms with Crippen molar-refractivity contribution in [1.29, 1.82) is 0 Å². The van der Waals surface area contributed by atoms with Crippen LogP contribution in [-0.4, -0.2) is 26.1 Å². The summed E-state index contributed by atoms with van der Waals surface area (Å²) in [5.74, 6) is -0.399. The van der Waals surface area contributed by atoms with E-state index in [0.29, 0.717) is 25.1 Å². The monoisotopic (exact) mass is 470 g/mol. The molecule has 31 heavy (non-hydrogen) atoms. The summed E-state index contributed by atoms with van der Waals surface area (Å²) in [7, 11) is 0. The molecule has 0 unspecified atom stereocenters. The average molecular weight is 471 g/mol. The van der Waals surface area contributed by atoms with Crippen molar-refractivity contribution in [2.45, 2.75) is 25.7 Å². The highest BCUT2D eigenvalue weighted by atomic mass is 35.5. The summed E-state index contributed by atoms with van der Waals surface area (Å²) in [4.78, 5) is 5.68. The second-order valence-corrected chi connectivity index (χ2v) is 7.65. The van der Waals surface area contributed by atoms with E-state index in [-0.39, 0.29) is 22.4 Å². The number of imidazole rings is 1. The summed E-state index contributed by atoms with van der Waals surface area (Å²) >= 11 is 11.3. The molecule has 3 rings (SSSR count). The summed E-state index contributed by atoms with van der Waals surface area (Å²) in [6.07, 6.45) is 1.23. The molecule has 0 saturated carbocycles. The number of anilines is 1. The predicted octanol–water partition coefficient (Wildman–Crippen LogP) is 5.98. The normalized spacial score (nSPS) is 11.4. The first-order chi connectivity index (χ1) is 14.7. The molecule has 0 spiro atoms. The van der Waals surface area contributed by atoms with Crippen LogP contribution in [0.15, 0.2) is 61.2 Å². The van der Waals surface area contributed by atoms with Gasteiger partial charge in [0.25, 0.3) is 0 Å². The maximum Gasteiger partial charge on any atom is 0.418 e. The van der Waals surface area contributed by atoms with Crippen LogP contribution in [0.5, 0.6) is 0 Å². The second kappa shape index (κ2) is 10.1. The zero-order valence-electron chi connectivity index (χ0n) is 16.2. The molecular weight excluding hydrogens is 452 g/mol.